The third-order valence-corrected chi connectivity index (χ3v) is 5.00. The molecule has 0 aliphatic carbocycles. The van der Waals surface area contributed by atoms with Crippen LogP contribution in [0.25, 0.3) is 0 Å². The van der Waals surface area contributed by atoms with Crippen LogP contribution in [0.5, 0.6) is 0 Å². The van der Waals surface area contributed by atoms with Gasteiger partial charge in [-0.2, -0.15) is 0 Å². The Morgan fingerprint density at radius 2 is 1.95 bits per heavy atom. The zero-order valence-corrected chi connectivity index (χ0v) is 11.9. The molecule has 0 spiro atoms. The van der Waals surface area contributed by atoms with Gasteiger partial charge in [0.15, 0.2) is 0 Å². The topological polar surface area (TPSA) is 124 Å². The van der Waals surface area contributed by atoms with Crippen molar-refractivity contribution in [2.45, 2.75) is 19.3 Å². The van der Waals surface area contributed by atoms with Crippen molar-refractivity contribution < 1.29 is 28.2 Å². The Morgan fingerprint density at radius 1 is 1.25 bits per heavy atom. The SMILES string of the molecule is O=C(O)CCS(=O)(=O)N1CCCC(CNCC(=O)O)C1. The van der Waals surface area contributed by atoms with E-state index in [0.717, 1.165) is 6.42 Å². The maximum Gasteiger partial charge on any atom is 0.317 e. The largest absolute Gasteiger partial charge is 0.481 e. The summed E-state index contributed by atoms with van der Waals surface area (Å²) in [6.45, 7) is 1.01. The molecule has 8 nitrogen and oxygen atoms in total. The summed E-state index contributed by atoms with van der Waals surface area (Å²) >= 11 is 0. The predicted molar refractivity (Wildman–Crippen MR) is 70.8 cm³/mol. The Morgan fingerprint density at radius 3 is 2.55 bits per heavy atom. The zero-order chi connectivity index (χ0) is 15.2. The summed E-state index contributed by atoms with van der Waals surface area (Å²) in [6.07, 6.45) is 1.13. The van der Waals surface area contributed by atoms with Crippen molar-refractivity contribution in [3.8, 4) is 0 Å². The molecule has 1 atom stereocenters. The molecular weight excluding hydrogens is 288 g/mol. The Kier molecular flexibility index (Phi) is 6.37. The number of carbonyl (C=O) groups is 2. The maximum atomic E-state index is 12.0. The van der Waals surface area contributed by atoms with Gasteiger partial charge in [-0.15, -0.1) is 0 Å². The van der Waals surface area contributed by atoms with Crippen LogP contribution < -0.4 is 5.32 Å². The molecule has 1 heterocycles. The van der Waals surface area contributed by atoms with Crippen LogP contribution in [0.4, 0.5) is 0 Å². The molecule has 20 heavy (non-hydrogen) atoms. The van der Waals surface area contributed by atoms with Crippen molar-refractivity contribution in [2.24, 2.45) is 5.92 Å². The first-order valence-electron chi connectivity index (χ1n) is 6.43. The van der Waals surface area contributed by atoms with Gasteiger partial charge in [0.25, 0.3) is 0 Å². The van der Waals surface area contributed by atoms with Gasteiger partial charge in [-0.05, 0) is 25.3 Å². The van der Waals surface area contributed by atoms with Gasteiger partial charge >= 0.3 is 11.9 Å². The summed E-state index contributed by atoms with van der Waals surface area (Å²) in [5.41, 5.74) is 0. The molecule has 0 aromatic rings. The van der Waals surface area contributed by atoms with E-state index in [0.29, 0.717) is 26.1 Å². The Labute approximate surface area is 117 Å². The lowest BCUT2D eigenvalue weighted by molar-refractivity contribution is -0.137. The second-order valence-electron chi connectivity index (χ2n) is 4.85. The molecule has 1 aliphatic heterocycles. The van der Waals surface area contributed by atoms with E-state index < -0.39 is 34.1 Å². The zero-order valence-electron chi connectivity index (χ0n) is 11.1. The number of carboxylic acid groups (broad SMARTS) is 2. The van der Waals surface area contributed by atoms with E-state index in [1.54, 1.807) is 0 Å². The van der Waals surface area contributed by atoms with Crippen LogP contribution in [0.1, 0.15) is 19.3 Å². The molecule has 0 amide bonds. The molecule has 9 heteroatoms. The van der Waals surface area contributed by atoms with E-state index in [1.807, 2.05) is 0 Å². The highest BCUT2D eigenvalue weighted by Gasteiger charge is 2.28. The second kappa shape index (κ2) is 7.55. The van der Waals surface area contributed by atoms with Crippen molar-refractivity contribution in [2.75, 3.05) is 31.9 Å². The van der Waals surface area contributed by atoms with Crippen LogP contribution >= 0.6 is 0 Å². The fraction of sp³-hybridized carbons (Fsp3) is 0.818. The quantitative estimate of drug-likeness (QED) is 0.535. The van der Waals surface area contributed by atoms with Crippen LogP contribution in [0.15, 0.2) is 0 Å². The Balaban J connectivity index is 2.46. The highest BCUT2D eigenvalue weighted by Crippen LogP contribution is 2.19. The van der Waals surface area contributed by atoms with E-state index in [1.165, 1.54) is 4.31 Å². The Hall–Kier alpha value is -1.19. The molecule has 3 N–H and O–H groups in total. The number of sulfonamides is 1. The second-order valence-corrected chi connectivity index (χ2v) is 6.94. The molecule has 1 saturated heterocycles. The van der Waals surface area contributed by atoms with Gasteiger partial charge in [0.2, 0.25) is 10.0 Å². The number of rotatable bonds is 8. The fourth-order valence-electron chi connectivity index (χ4n) is 2.17. The minimum absolute atomic E-state index is 0.0581. The summed E-state index contributed by atoms with van der Waals surface area (Å²) in [4.78, 5) is 20.8. The van der Waals surface area contributed by atoms with Crippen LogP contribution in [0.2, 0.25) is 0 Å². The highest BCUT2D eigenvalue weighted by atomic mass is 32.2. The number of piperidine rings is 1. The van der Waals surface area contributed by atoms with Crippen molar-refractivity contribution >= 4 is 22.0 Å². The van der Waals surface area contributed by atoms with Gasteiger partial charge in [0.05, 0.1) is 18.7 Å². The van der Waals surface area contributed by atoms with E-state index in [9.17, 15) is 18.0 Å². The van der Waals surface area contributed by atoms with Crippen LogP contribution in [0.3, 0.4) is 0 Å². The highest BCUT2D eigenvalue weighted by molar-refractivity contribution is 7.89. The summed E-state index contributed by atoms with van der Waals surface area (Å²) in [7, 11) is -3.54. The van der Waals surface area contributed by atoms with Gasteiger partial charge in [-0.3, -0.25) is 9.59 Å². The summed E-state index contributed by atoms with van der Waals surface area (Å²) in [5.74, 6) is -2.42. The molecule has 1 unspecified atom stereocenters. The van der Waals surface area contributed by atoms with Crippen molar-refractivity contribution in [3.05, 3.63) is 0 Å². The van der Waals surface area contributed by atoms with Crippen molar-refractivity contribution in [1.82, 2.24) is 9.62 Å². The average Bonchev–Trinajstić information content (AvgIpc) is 2.36. The van der Waals surface area contributed by atoms with Gasteiger partial charge in [0, 0.05) is 13.1 Å². The third kappa shape index (κ3) is 5.85. The smallest absolute Gasteiger partial charge is 0.317 e. The van der Waals surface area contributed by atoms with Gasteiger partial charge in [-0.1, -0.05) is 0 Å². The molecule has 0 saturated carbocycles. The van der Waals surface area contributed by atoms with Gasteiger partial charge in [0.1, 0.15) is 0 Å². The average molecular weight is 308 g/mol. The number of nitrogens with one attached hydrogen (secondary N) is 1. The molecule has 0 aromatic carbocycles. The third-order valence-electron chi connectivity index (χ3n) is 3.16. The minimum Gasteiger partial charge on any atom is -0.481 e. The Bertz CT molecular complexity index is 450. The first-order chi connectivity index (χ1) is 9.31. The van der Waals surface area contributed by atoms with Gasteiger partial charge in [-0.25, -0.2) is 12.7 Å². The fourth-order valence-corrected chi connectivity index (χ4v) is 3.71. The maximum absolute atomic E-state index is 12.0. The lowest BCUT2D eigenvalue weighted by Gasteiger charge is -2.31. The van der Waals surface area contributed by atoms with Crippen molar-refractivity contribution in [1.29, 1.82) is 0 Å². The lowest BCUT2D eigenvalue weighted by Crippen LogP contribution is -2.44. The standard InChI is InChI=1S/C11H20N2O6S/c14-10(15)3-5-20(18,19)13-4-1-2-9(8-13)6-12-7-11(16)17/h9,12H,1-8H2,(H,14,15)(H,16,17). The van der Waals surface area contributed by atoms with Gasteiger partial charge < -0.3 is 15.5 Å². The van der Waals surface area contributed by atoms with Crippen LogP contribution in [-0.4, -0.2) is 66.8 Å². The van der Waals surface area contributed by atoms with E-state index >= 15 is 0 Å². The summed E-state index contributed by atoms with van der Waals surface area (Å²) in [5, 5.41) is 19.8. The van der Waals surface area contributed by atoms with E-state index in [2.05, 4.69) is 5.32 Å². The molecular formula is C11H20N2O6S. The molecule has 0 aromatic heterocycles. The predicted octanol–water partition coefficient (Wildman–Crippen LogP) is -0.823. The number of hydrogen-bond donors (Lipinski definition) is 3. The first-order valence-corrected chi connectivity index (χ1v) is 8.04. The normalized spacial score (nSPS) is 20.7. The number of aliphatic carboxylic acids is 2. The molecule has 1 rings (SSSR count). The number of hydrogen-bond acceptors (Lipinski definition) is 5. The monoisotopic (exact) mass is 308 g/mol. The van der Waals surface area contributed by atoms with Crippen LogP contribution in [0, 0.1) is 5.92 Å². The molecule has 0 bridgehead atoms. The summed E-state index contributed by atoms with van der Waals surface area (Å²) < 4.78 is 25.2. The molecule has 1 aliphatic rings. The van der Waals surface area contributed by atoms with Crippen molar-refractivity contribution in [3.63, 3.8) is 0 Å². The molecule has 116 valence electrons. The molecule has 0 radical (unpaired) electrons. The lowest BCUT2D eigenvalue weighted by atomic mass is 10.00. The minimum atomic E-state index is -3.54. The number of carboxylic acids is 2. The molecule has 1 fully saturated rings. The van der Waals surface area contributed by atoms with E-state index in [-0.39, 0.29) is 12.5 Å². The summed E-state index contributed by atoms with van der Waals surface area (Å²) in [6, 6.07) is 0. The van der Waals surface area contributed by atoms with Crippen LogP contribution in [-0.2, 0) is 19.6 Å². The van der Waals surface area contributed by atoms with E-state index in [4.69, 9.17) is 10.2 Å². The first kappa shape index (κ1) is 16.9. The number of nitrogens with zero attached hydrogens (tertiary/aromatic N) is 1.